The standard InChI is InChI=1S/C11H22N4O/c1-4-15(5-2)9-8-12-7-6-11-13-10(3)14-16-11/h12H,4-9H2,1-3H3. The van der Waals surface area contributed by atoms with Crippen LogP contribution in [0, 0.1) is 6.92 Å². The minimum absolute atomic E-state index is 0.707. The predicted octanol–water partition coefficient (Wildman–Crippen LogP) is 0.852. The number of rotatable bonds is 8. The van der Waals surface area contributed by atoms with E-state index >= 15 is 0 Å². The van der Waals surface area contributed by atoms with Gasteiger partial charge in [0, 0.05) is 26.1 Å². The summed E-state index contributed by atoms with van der Waals surface area (Å²) in [4.78, 5) is 6.54. The molecule has 1 heterocycles. The Balaban J connectivity index is 2.04. The fraction of sp³-hybridized carbons (Fsp3) is 0.818. The molecule has 5 heteroatoms. The summed E-state index contributed by atoms with van der Waals surface area (Å²) in [5.41, 5.74) is 0. The van der Waals surface area contributed by atoms with E-state index in [9.17, 15) is 0 Å². The molecule has 1 rings (SSSR count). The average Bonchev–Trinajstić information content (AvgIpc) is 2.70. The van der Waals surface area contributed by atoms with Gasteiger partial charge in [-0.25, -0.2) is 0 Å². The molecular formula is C11H22N4O. The van der Waals surface area contributed by atoms with Gasteiger partial charge in [-0.05, 0) is 20.0 Å². The molecule has 0 aliphatic carbocycles. The van der Waals surface area contributed by atoms with Gasteiger partial charge in [-0.1, -0.05) is 19.0 Å². The zero-order valence-corrected chi connectivity index (χ0v) is 10.5. The highest BCUT2D eigenvalue weighted by Crippen LogP contribution is 1.95. The highest BCUT2D eigenvalue weighted by Gasteiger charge is 2.02. The van der Waals surface area contributed by atoms with Crippen LogP contribution in [-0.4, -0.2) is 47.8 Å². The Kier molecular flexibility index (Phi) is 6.03. The summed E-state index contributed by atoms with van der Waals surface area (Å²) in [5.74, 6) is 1.42. The van der Waals surface area contributed by atoms with E-state index in [0.717, 1.165) is 39.1 Å². The van der Waals surface area contributed by atoms with Gasteiger partial charge in [-0.3, -0.25) is 0 Å². The van der Waals surface area contributed by atoms with Gasteiger partial charge in [-0.2, -0.15) is 4.98 Å². The van der Waals surface area contributed by atoms with Crippen molar-refractivity contribution in [2.45, 2.75) is 27.2 Å². The van der Waals surface area contributed by atoms with E-state index in [4.69, 9.17) is 4.52 Å². The molecule has 0 atom stereocenters. The van der Waals surface area contributed by atoms with E-state index in [1.807, 2.05) is 6.92 Å². The summed E-state index contributed by atoms with van der Waals surface area (Å²) in [6, 6.07) is 0. The smallest absolute Gasteiger partial charge is 0.227 e. The molecule has 0 aromatic carbocycles. The third kappa shape index (κ3) is 4.72. The Hall–Kier alpha value is -0.940. The maximum Gasteiger partial charge on any atom is 0.227 e. The number of nitrogens with one attached hydrogen (secondary N) is 1. The average molecular weight is 226 g/mol. The first-order valence-corrected chi connectivity index (χ1v) is 5.98. The highest BCUT2D eigenvalue weighted by atomic mass is 16.5. The zero-order chi connectivity index (χ0) is 11.8. The van der Waals surface area contributed by atoms with E-state index in [-0.39, 0.29) is 0 Å². The molecule has 0 amide bonds. The van der Waals surface area contributed by atoms with Gasteiger partial charge in [-0.15, -0.1) is 0 Å². The molecular weight excluding hydrogens is 204 g/mol. The topological polar surface area (TPSA) is 54.2 Å². The fourth-order valence-electron chi connectivity index (χ4n) is 1.54. The molecule has 1 aromatic heterocycles. The number of hydrogen-bond acceptors (Lipinski definition) is 5. The molecule has 16 heavy (non-hydrogen) atoms. The van der Waals surface area contributed by atoms with Crippen molar-refractivity contribution in [1.82, 2.24) is 20.4 Å². The minimum Gasteiger partial charge on any atom is -0.339 e. The monoisotopic (exact) mass is 226 g/mol. The van der Waals surface area contributed by atoms with Crippen molar-refractivity contribution in [2.75, 3.05) is 32.7 Å². The SMILES string of the molecule is CCN(CC)CCNCCc1nc(C)no1. The van der Waals surface area contributed by atoms with Crippen molar-refractivity contribution in [3.8, 4) is 0 Å². The van der Waals surface area contributed by atoms with E-state index in [1.165, 1.54) is 0 Å². The minimum atomic E-state index is 0.707. The Morgan fingerprint density at radius 3 is 2.56 bits per heavy atom. The summed E-state index contributed by atoms with van der Waals surface area (Å²) in [6.07, 6.45) is 0.805. The van der Waals surface area contributed by atoms with Crippen molar-refractivity contribution in [3.05, 3.63) is 11.7 Å². The molecule has 0 saturated heterocycles. The van der Waals surface area contributed by atoms with Crippen molar-refractivity contribution in [2.24, 2.45) is 0 Å². The first kappa shape index (κ1) is 13.1. The highest BCUT2D eigenvalue weighted by molar-refractivity contribution is 4.83. The van der Waals surface area contributed by atoms with Crippen LogP contribution in [0.4, 0.5) is 0 Å². The summed E-state index contributed by atoms with van der Waals surface area (Å²) >= 11 is 0. The molecule has 1 N–H and O–H groups in total. The molecule has 1 aromatic rings. The van der Waals surface area contributed by atoms with E-state index < -0.39 is 0 Å². The summed E-state index contributed by atoms with van der Waals surface area (Å²) in [6.45, 7) is 11.4. The molecule has 5 nitrogen and oxygen atoms in total. The Morgan fingerprint density at radius 1 is 1.25 bits per heavy atom. The maximum absolute atomic E-state index is 5.02. The Labute approximate surface area is 97.2 Å². The van der Waals surface area contributed by atoms with E-state index in [0.29, 0.717) is 11.7 Å². The van der Waals surface area contributed by atoms with Crippen LogP contribution in [-0.2, 0) is 6.42 Å². The van der Waals surface area contributed by atoms with Gasteiger partial charge < -0.3 is 14.7 Å². The predicted molar refractivity (Wildman–Crippen MR) is 63.4 cm³/mol. The van der Waals surface area contributed by atoms with Crippen LogP contribution < -0.4 is 5.32 Å². The largest absolute Gasteiger partial charge is 0.339 e. The summed E-state index contributed by atoms with van der Waals surface area (Å²) in [7, 11) is 0. The Bertz CT molecular complexity index is 283. The molecule has 0 radical (unpaired) electrons. The quantitative estimate of drug-likeness (QED) is 0.666. The molecule has 0 saturated carbocycles. The van der Waals surface area contributed by atoms with Gasteiger partial charge in [0.1, 0.15) is 0 Å². The fourth-order valence-corrected chi connectivity index (χ4v) is 1.54. The normalized spacial score (nSPS) is 11.2. The third-order valence-corrected chi connectivity index (χ3v) is 2.58. The van der Waals surface area contributed by atoms with Crippen LogP contribution in [0.25, 0.3) is 0 Å². The van der Waals surface area contributed by atoms with Crippen LogP contribution in [0.2, 0.25) is 0 Å². The van der Waals surface area contributed by atoms with Gasteiger partial charge in [0.2, 0.25) is 5.89 Å². The second kappa shape index (κ2) is 7.35. The summed E-state index contributed by atoms with van der Waals surface area (Å²) < 4.78 is 5.02. The lowest BCUT2D eigenvalue weighted by molar-refractivity contribution is 0.301. The molecule has 0 aliphatic rings. The van der Waals surface area contributed by atoms with Crippen molar-refractivity contribution < 1.29 is 4.52 Å². The Morgan fingerprint density at radius 2 is 2.00 bits per heavy atom. The molecule has 0 bridgehead atoms. The van der Waals surface area contributed by atoms with Crippen molar-refractivity contribution in [1.29, 1.82) is 0 Å². The second-order valence-electron chi connectivity index (χ2n) is 3.76. The maximum atomic E-state index is 5.02. The molecule has 92 valence electrons. The number of aryl methyl sites for hydroxylation is 1. The van der Waals surface area contributed by atoms with E-state index in [1.54, 1.807) is 0 Å². The molecule has 0 spiro atoms. The number of nitrogens with zero attached hydrogens (tertiary/aromatic N) is 3. The number of aromatic nitrogens is 2. The first-order chi connectivity index (χ1) is 7.76. The summed E-state index contributed by atoms with van der Waals surface area (Å²) in [5, 5.41) is 7.12. The number of likely N-dealkylation sites (N-methyl/N-ethyl adjacent to an activating group) is 1. The molecule has 0 unspecified atom stereocenters. The van der Waals surface area contributed by atoms with E-state index in [2.05, 4.69) is 34.2 Å². The van der Waals surface area contributed by atoms with Crippen LogP contribution in [0.1, 0.15) is 25.6 Å². The third-order valence-electron chi connectivity index (χ3n) is 2.58. The lowest BCUT2D eigenvalue weighted by Crippen LogP contribution is -2.32. The van der Waals surface area contributed by atoms with Crippen LogP contribution >= 0.6 is 0 Å². The lowest BCUT2D eigenvalue weighted by atomic mass is 10.4. The zero-order valence-electron chi connectivity index (χ0n) is 10.5. The van der Waals surface area contributed by atoms with Gasteiger partial charge in [0.05, 0.1) is 0 Å². The molecule has 0 aliphatic heterocycles. The lowest BCUT2D eigenvalue weighted by Gasteiger charge is -2.17. The first-order valence-electron chi connectivity index (χ1n) is 5.98. The van der Waals surface area contributed by atoms with Crippen LogP contribution in [0.3, 0.4) is 0 Å². The van der Waals surface area contributed by atoms with Crippen LogP contribution in [0.5, 0.6) is 0 Å². The van der Waals surface area contributed by atoms with Crippen molar-refractivity contribution in [3.63, 3.8) is 0 Å². The van der Waals surface area contributed by atoms with Gasteiger partial charge in [0.15, 0.2) is 5.82 Å². The van der Waals surface area contributed by atoms with Crippen molar-refractivity contribution >= 4 is 0 Å². The second-order valence-corrected chi connectivity index (χ2v) is 3.76. The van der Waals surface area contributed by atoms with Gasteiger partial charge >= 0.3 is 0 Å². The van der Waals surface area contributed by atoms with Crippen LogP contribution in [0.15, 0.2) is 4.52 Å². The number of hydrogen-bond donors (Lipinski definition) is 1. The molecule has 0 fully saturated rings. The van der Waals surface area contributed by atoms with Gasteiger partial charge in [0.25, 0.3) is 0 Å².